The second kappa shape index (κ2) is 5.78. The first-order valence-corrected chi connectivity index (χ1v) is 8.86. The molecular weight excluding hydrogens is 288 g/mol. The molecule has 106 valence electrons. The third-order valence-electron chi connectivity index (χ3n) is 3.93. The van der Waals surface area contributed by atoms with E-state index in [-0.39, 0.29) is 11.4 Å². The summed E-state index contributed by atoms with van der Waals surface area (Å²) in [6.45, 7) is 0. The van der Waals surface area contributed by atoms with Gasteiger partial charge in [-0.3, -0.25) is 4.79 Å². The van der Waals surface area contributed by atoms with Crippen LogP contribution in [0.25, 0.3) is 10.1 Å². The summed E-state index contributed by atoms with van der Waals surface area (Å²) < 4.78 is 6.15. The van der Waals surface area contributed by atoms with Gasteiger partial charge in [0.2, 0.25) is 0 Å². The number of rotatable bonds is 6. The smallest absolute Gasteiger partial charge is 0.306 e. The van der Waals surface area contributed by atoms with Crippen molar-refractivity contribution in [3.8, 4) is 0 Å². The second-order valence-corrected chi connectivity index (χ2v) is 7.40. The summed E-state index contributed by atoms with van der Waals surface area (Å²) in [5.74, 6) is 2.03. The summed E-state index contributed by atoms with van der Waals surface area (Å²) in [6, 6.07) is 8.56. The van der Waals surface area contributed by atoms with Gasteiger partial charge in [-0.25, -0.2) is 0 Å². The lowest BCUT2D eigenvalue weighted by atomic mass is 10.1. The Bertz CT molecular complexity index is 614. The molecule has 0 atom stereocenters. The number of carbonyl (C=O) groups is 1. The molecule has 0 amide bonds. The Morgan fingerprint density at radius 1 is 1.40 bits per heavy atom. The van der Waals surface area contributed by atoms with Crippen LogP contribution >= 0.6 is 23.1 Å². The molecule has 3 rings (SSSR count). The van der Waals surface area contributed by atoms with Crippen molar-refractivity contribution in [3.63, 3.8) is 0 Å². The molecule has 0 saturated heterocycles. The topological polar surface area (TPSA) is 26.3 Å². The third-order valence-corrected chi connectivity index (χ3v) is 6.28. The van der Waals surface area contributed by atoms with Crippen LogP contribution in [0.5, 0.6) is 0 Å². The maximum absolute atomic E-state index is 11.4. The van der Waals surface area contributed by atoms with E-state index in [4.69, 9.17) is 4.74 Å². The highest BCUT2D eigenvalue weighted by Gasteiger charge is 2.44. The van der Waals surface area contributed by atoms with Crippen LogP contribution in [0.3, 0.4) is 0 Å². The van der Waals surface area contributed by atoms with Crippen molar-refractivity contribution in [2.75, 3.05) is 12.9 Å². The number of ether oxygens (including phenoxy) is 1. The van der Waals surface area contributed by atoms with Crippen LogP contribution in [-0.4, -0.2) is 18.8 Å². The first-order chi connectivity index (χ1) is 9.72. The molecule has 1 aromatic carbocycles. The lowest BCUT2D eigenvalue weighted by Gasteiger charge is -2.12. The van der Waals surface area contributed by atoms with E-state index in [1.54, 1.807) is 0 Å². The van der Waals surface area contributed by atoms with Gasteiger partial charge in [-0.2, -0.15) is 11.8 Å². The zero-order valence-electron chi connectivity index (χ0n) is 11.6. The van der Waals surface area contributed by atoms with Gasteiger partial charge in [0, 0.05) is 10.5 Å². The highest BCUT2D eigenvalue weighted by molar-refractivity contribution is 7.98. The molecular formula is C16H18O2S2. The first kappa shape index (κ1) is 14.0. The number of thiophene rings is 1. The molecule has 1 heterocycles. The van der Waals surface area contributed by atoms with Crippen molar-refractivity contribution < 1.29 is 9.53 Å². The maximum Gasteiger partial charge on any atom is 0.306 e. The van der Waals surface area contributed by atoms with E-state index >= 15 is 0 Å². The molecule has 0 radical (unpaired) electrons. The number of carbonyl (C=O) groups excluding carboxylic acids is 1. The minimum absolute atomic E-state index is 0.0657. The van der Waals surface area contributed by atoms with Crippen molar-refractivity contribution in [2.24, 2.45) is 5.41 Å². The zero-order valence-corrected chi connectivity index (χ0v) is 13.2. The standard InChI is InChI=1S/C16H18O2S2/c1-18-15(17)8-16(6-7-16)11-19-9-12-10-20-14-5-3-2-4-13(12)14/h2-5,10H,6-9,11H2,1H3. The predicted molar refractivity (Wildman–Crippen MR) is 86.3 cm³/mol. The van der Waals surface area contributed by atoms with Crippen LogP contribution in [-0.2, 0) is 15.3 Å². The van der Waals surface area contributed by atoms with E-state index < -0.39 is 0 Å². The van der Waals surface area contributed by atoms with Gasteiger partial charge in [-0.1, -0.05) is 18.2 Å². The number of benzene rings is 1. The summed E-state index contributed by atoms with van der Waals surface area (Å²) in [4.78, 5) is 11.4. The largest absolute Gasteiger partial charge is 0.469 e. The lowest BCUT2D eigenvalue weighted by Crippen LogP contribution is -2.13. The Morgan fingerprint density at radius 2 is 2.20 bits per heavy atom. The van der Waals surface area contributed by atoms with Crippen LogP contribution in [0, 0.1) is 5.41 Å². The third kappa shape index (κ3) is 3.01. The van der Waals surface area contributed by atoms with Gasteiger partial charge in [0.25, 0.3) is 0 Å². The quantitative estimate of drug-likeness (QED) is 0.736. The number of methoxy groups -OCH3 is 1. The minimum atomic E-state index is -0.0657. The molecule has 1 aliphatic carbocycles. The average molecular weight is 306 g/mol. The van der Waals surface area contributed by atoms with E-state index in [1.807, 2.05) is 23.1 Å². The fraction of sp³-hybridized carbons (Fsp3) is 0.438. The van der Waals surface area contributed by atoms with E-state index in [0.29, 0.717) is 6.42 Å². The number of hydrogen-bond acceptors (Lipinski definition) is 4. The highest BCUT2D eigenvalue weighted by Crippen LogP contribution is 2.51. The van der Waals surface area contributed by atoms with Gasteiger partial charge >= 0.3 is 5.97 Å². The molecule has 0 N–H and O–H groups in total. The Morgan fingerprint density at radius 3 is 2.95 bits per heavy atom. The number of thioether (sulfide) groups is 1. The molecule has 2 aromatic rings. The molecule has 0 unspecified atom stereocenters. The monoisotopic (exact) mass is 306 g/mol. The molecule has 1 saturated carbocycles. The van der Waals surface area contributed by atoms with Gasteiger partial charge in [-0.05, 0) is 46.4 Å². The minimum Gasteiger partial charge on any atom is -0.469 e. The molecule has 1 aliphatic rings. The van der Waals surface area contributed by atoms with Crippen LogP contribution < -0.4 is 0 Å². The number of hydrogen-bond donors (Lipinski definition) is 0. The summed E-state index contributed by atoms with van der Waals surface area (Å²) in [5, 5.41) is 3.64. The highest BCUT2D eigenvalue weighted by atomic mass is 32.2. The van der Waals surface area contributed by atoms with Gasteiger partial charge in [0.05, 0.1) is 13.5 Å². The predicted octanol–water partition coefficient (Wildman–Crippen LogP) is 4.48. The van der Waals surface area contributed by atoms with Gasteiger partial charge in [0.1, 0.15) is 0 Å². The van der Waals surface area contributed by atoms with Gasteiger partial charge in [-0.15, -0.1) is 11.3 Å². The molecule has 1 aromatic heterocycles. The van der Waals surface area contributed by atoms with Crippen LogP contribution in [0.2, 0.25) is 0 Å². The van der Waals surface area contributed by atoms with Crippen molar-refractivity contribution in [1.29, 1.82) is 0 Å². The fourth-order valence-corrected chi connectivity index (χ4v) is 4.90. The molecule has 20 heavy (non-hydrogen) atoms. The molecule has 1 fully saturated rings. The Kier molecular flexibility index (Phi) is 4.03. The molecule has 0 spiro atoms. The van der Waals surface area contributed by atoms with Crippen molar-refractivity contribution in [3.05, 3.63) is 35.2 Å². The second-order valence-electron chi connectivity index (χ2n) is 5.50. The van der Waals surface area contributed by atoms with Crippen LogP contribution in [0.1, 0.15) is 24.8 Å². The van der Waals surface area contributed by atoms with E-state index in [1.165, 1.54) is 35.6 Å². The summed E-state index contributed by atoms with van der Waals surface area (Å²) in [6.07, 6.45) is 2.92. The lowest BCUT2D eigenvalue weighted by molar-refractivity contribution is -0.141. The van der Waals surface area contributed by atoms with Crippen molar-refractivity contribution >= 4 is 39.2 Å². The SMILES string of the molecule is COC(=O)CC1(CSCc2csc3ccccc23)CC1. The van der Waals surface area contributed by atoms with E-state index in [9.17, 15) is 4.79 Å². The summed E-state index contributed by atoms with van der Waals surface area (Å²) in [7, 11) is 1.48. The van der Waals surface area contributed by atoms with Gasteiger partial charge < -0.3 is 4.74 Å². The normalized spacial score (nSPS) is 16.2. The van der Waals surface area contributed by atoms with E-state index in [0.717, 1.165) is 11.5 Å². The van der Waals surface area contributed by atoms with E-state index in [2.05, 4.69) is 29.6 Å². The number of esters is 1. The molecule has 2 nitrogen and oxygen atoms in total. The number of fused-ring (bicyclic) bond motifs is 1. The Hall–Kier alpha value is -1.00. The van der Waals surface area contributed by atoms with Crippen LogP contribution in [0.4, 0.5) is 0 Å². The Balaban J connectivity index is 1.56. The summed E-state index contributed by atoms with van der Waals surface area (Å²) in [5.41, 5.74) is 1.65. The molecule has 0 aliphatic heterocycles. The van der Waals surface area contributed by atoms with Crippen molar-refractivity contribution in [2.45, 2.75) is 25.0 Å². The first-order valence-electron chi connectivity index (χ1n) is 6.82. The van der Waals surface area contributed by atoms with Crippen molar-refractivity contribution in [1.82, 2.24) is 0 Å². The fourth-order valence-electron chi connectivity index (χ4n) is 2.45. The van der Waals surface area contributed by atoms with Gasteiger partial charge in [0.15, 0.2) is 0 Å². The summed E-state index contributed by atoms with van der Waals surface area (Å²) >= 11 is 3.76. The van der Waals surface area contributed by atoms with Crippen LogP contribution in [0.15, 0.2) is 29.6 Å². The Labute approximate surface area is 127 Å². The zero-order chi connectivity index (χ0) is 14.0. The maximum atomic E-state index is 11.4. The average Bonchev–Trinajstić information content (AvgIpc) is 3.10. The molecule has 0 bridgehead atoms. The molecule has 4 heteroatoms.